The molecule has 0 saturated heterocycles. The van der Waals surface area contributed by atoms with Crippen molar-refractivity contribution in [1.29, 1.82) is 5.41 Å². The minimum absolute atomic E-state index is 0. The van der Waals surface area contributed by atoms with Gasteiger partial charge in [-0.15, -0.1) is 12.4 Å². The van der Waals surface area contributed by atoms with Gasteiger partial charge in [0.1, 0.15) is 5.75 Å². The summed E-state index contributed by atoms with van der Waals surface area (Å²) in [5.74, 6) is 1.21. The number of amidine groups is 1. The number of nitrogens with two attached hydrogens (primary N) is 1. The summed E-state index contributed by atoms with van der Waals surface area (Å²) in [5, 5.41) is 8.13. The standard InChI is InChI=1S/C9H10Cl2N2OS.ClH/c10-6-1-2-8(7(11)5-6)14-3-4-15-9(12)13;/h1-2,5H,3-4H2,(H3,12,13);1H. The predicted molar refractivity (Wildman–Crippen MR) is 73.6 cm³/mol. The lowest BCUT2D eigenvalue weighted by atomic mass is 10.3. The molecule has 0 aliphatic carbocycles. The molecule has 7 heteroatoms. The molecular formula is C9H11Cl3N2OS. The van der Waals surface area contributed by atoms with Gasteiger partial charge in [0, 0.05) is 10.8 Å². The lowest BCUT2D eigenvalue weighted by Crippen LogP contribution is -2.08. The number of hydrogen-bond acceptors (Lipinski definition) is 3. The Morgan fingerprint density at radius 3 is 2.69 bits per heavy atom. The van der Waals surface area contributed by atoms with Crippen LogP contribution in [0, 0.1) is 5.41 Å². The Labute approximate surface area is 115 Å². The lowest BCUT2D eigenvalue weighted by Gasteiger charge is -2.07. The average molecular weight is 302 g/mol. The van der Waals surface area contributed by atoms with Crippen molar-refractivity contribution in [3.8, 4) is 5.75 Å². The van der Waals surface area contributed by atoms with Crippen LogP contribution in [0.25, 0.3) is 0 Å². The van der Waals surface area contributed by atoms with E-state index in [1.54, 1.807) is 18.2 Å². The van der Waals surface area contributed by atoms with Gasteiger partial charge >= 0.3 is 0 Å². The van der Waals surface area contributed by atoms with Gasteiger partial charge in [-0.3, -0.25) is 5.41 Å². The minimum atomic E-state index is 0. The maximum Gasteiger partial charge on any atom is 0.151 e. The Morgan fingerprint density at radius 1 is 1.44 bits per heavy atom. The van der Waals surface area contributed by atoms with Crippen LogP contribution in [0.5, 0.6) is 5.75 Å². The van der Waals surface area contributed by atoms with Crippen molar-refractivity contribution in [1.82, 2.24) is 0 Å². The van der Waals surface area contributed by atoms with E-state index in [4.69, 9.17) is 39.1 Å². The van der Waals surface area contributed by atoms with Gasteiger partial charge < -0.3 is 10.5 Å². The highest BCUT2D eigenvalue weighted by Crippen LogP contribution is 2.27. The number of rotatable bonds is 4. The summed E-state index contributed by atoms with van der Waals surface area (Å²) in [6.07, 6.45) is 0. The first kappa shape index (κ1) is 15.7. The Kier molecular flexibility index (Phi) is 7.76. The van der Waals surface area contributed by atoms with E-state index in [0.717, 1.165) is 0 Å². The molecule has 0 radical (unpaired) electrons. The van der Waals surface area contributed by atoms with Crippen LogP contribution in [-0.4, -0.2) is 17.5 Å². The zero-order valence-corrected chi connectivity index (χ0v) is 11.3. The summed E-state index contributed by atoms with van der Waals surface area (Å²) in [5.41, 5.74) is 5.17. The smallest absolute Gasteiger partial charge is 0.151 e. The van der Waals surface area contributed by atoms with Crippen molar-refractivity contribution in [3.05, 3.63) is 28.2 Å². The van der Waals surface area contributed by atoms with E-state index in [2.05, 4.69) is 0 Å². The first-order valence-corrected chi connectivity index (χ1v) is 5.88. The van der Waals surface area contributed by atoms with Gasteiger partial charge in [0.05, 0.1) is 11.6 Å². The van der Waals surface area contributed by atoms with Gasteiger partial charge in [-0.2, -0.15) is 0 Å². The predicted octanol–water partition coefficient (Wildman–Crippen LogP) is 3.42. The fourth-order valence-corrected chi connectivity index (χ4v) is 1.75. The van der Waals surface area contributed by atoms with Gasteiger partial charge in [0.2, 0.25) is 0 Å². The number of hydrogen-bond donors (Lipinski definition) is 2. The second-order valence-electron chi connectivity index (χ2n) is 2.64. The molecule has 0 heterocycles. The summed E-state index contributed by atoms with van der Waals surface area (Å²) >= 11 is 12.8. The lowest BCUT2D eigenvalue weighted by molar-refractivity contribution is 0.344. The number of benzene rings is 1. The van der Waals surface area contributed by atoms with Crippen LogP contribution in [0.1, 0.15) is 0 Å². The van der Waals surface area contributed by atoms with Gasteiger partial charge in [0.25, 0.3) is 0 Å². The van der Waals surface area contributed by atoms with Crippen molar-refractivity contribution in [2.45, 2.75) is 0 Å². The molecule has 16 heavy (non-hydrogen) atoms. The van der Waals surface area contributed by atoms with Crippen LogP contribution >= 0.6 is 47.4 Å². The van der Waals surface area contributed by atoms with Crippen LogP contribution in [0.4, 0.5) is 0 Å². The molecule has 0 bridgehead atoms. The summed E-state index contributed by atoms with van der Waals surface area (Å²) in [6.45, 7) is 0.450. The van der Waals surface area contributed by atoms with E-state index >= 15 is 0 Å². The molecular weight excluding hydrogens is 291 g/mol. The van der Waals surface area contributed by atoms with E-state index in [1.165, 1.54) is 11.8 Å². The fraction of sp³-hybridized carbons (Fsp3) is 0.222. The van der Waals surface area contributed by atoms with Crippen LogP contribution in [-0.2, 0) is 0 Å². The molecule has 1 aromatic rings. The second kappa shape index (κ2) is 7.90. The Hall–Kier alpha value is -0.290. The van der Waals surface area contributed by atoms with Crippen molar-refractivity contribution in [3.63, 3.8) is 0 Å². The van der Waals surface area contributed by atoms with Crippen molar-refractivity contribution in [2.24, 2.45) is 5.73 Å². The van der Waals surface area contributed by atoms with E-state index in [0.29, 0.717) is 28.2 Å². The van der Waals surface area contributed by atoms with Gasteiger partial charge in [-0.05, 0) is 18.2 Å². The monoisotopic (exact) mass is 300 g/mol. The molecule has 0 aromatic heterocycles. The SMILES string of the molecule is Cl.N=C(N)SCCOc1ccc(Cl)cc1Cl. The topological polar surface area (TPSA) is 59.1 Å². The molecule has 0 aliphatic rings. The van der Waals surface area contributed by atoms with Crippen LogP contribution in [0.3, 0.4) is 0 Å². The molecule has 0 atom stereocenters. The summed E-state index contributed by atoms with van der Waals surface area (Å²) in [4.78, 5) is 0. The molecule has 0 aliphatic heterocycles. The summed E-state index contributed by atoms with van der Waals surface area (Å²) < 4.78 is 5.38. The van der Waals surface area contributed by atoms with E-state index in [9.17, 15) is 0 Å². The van der Waals surface area contributed by atoms with Crippen molar-refractivity contribution < 1.29 is 4.74 Å². The fourth-order valence-electron chi connectivity index (χ4n) is 0.896. The number of ether oxygens (including phenoxy) is 1. The third-order valence-corrected chi connectivity index (χ3v) is 2.70. The Balaban J connectivity index is 0.00000225. The number of thioether (sulfide) groups is 1. The third-order valence-electron chi connectivity index (χ3n) is 1.49. The van der Waals surface area contributed by atoms with Gasteiger partial charge in [-0.1, -0.05) is 35.0 Å². The Morgan fingerprint density at radius 2 is 2.12 bits per heavy atom. The highest BCUT2D eigenvalue weighted by atomic mass is 35.5. The van der Waals surface area contributed by atoms with E-state index < -0.39 is 0 Å². The Bertz CT molecular complexity index is 363. The zero-order chi connectivity index (χ0) is 11.3. The van der Waals surface area contributed by atoms with Gasteiger partial charge in [0.15, 0.2) is 5.17 Å². The molecule has 0 amide bonds. The molecule has 1 rings (SSSR count). The highest BCUT2D eigenvalue weighted by Gasteiger charge is 2.02. The molecule has 0 unspecified atom stereocenters. The molecule has 0 fully saturated rings. The third kappa shape index (κ3) is 5.70. The quantitative estimate of drug-likeness (QED) is 0.509. The summed E-state index contributed by atoms with van der Waals surface area (Å²) in [6, 6.07) is 5.04. The first-order chi connectivity index (χ1) is 7.09. The second-order valence-corrected chi connectivity index (χ2v) is 4.62. The van der Waals surface area contributed by atoms with Crippen LogP contribution in [0.2, 0.25) is 10.0 Å². The molecule has 90 valence electrons. The highest BCUT2D eigenvalue weighted by molar-refractivity contribution is 8.13. The van der Waals surface area contributed by atoms with Crippen molar-refractivity contribution in [2.75, 3.05) is 12.4 Å². The molecule has 0 saturated carbocycles. The van der Waals surface area contributed by atoms with E-state index in [-0.39, 0.29) is 17.6 Å². The van der Waals surface area contributed by atoms with E-state index in [1.807, 2.05) is 0 Å². The van der Waals surface area contributed by atoms with Crippen LogP contribution in [0.15, 0.2) is 18.2 Å². The molecule has 3 nitrogen and oxygen atoms in total. The van der Waals surface area contributed by atoms with Gasteiger partial charge in [-0.25, -0.2) is 0 Å². The zero-order valence-electron chi connectivity index (χ0n) is 8.20. The maximum atomic E-state index is 6.99. The average Bonchev–Trinajstić information content (AvgIpc) is 2.14. The molecule has 0 spiro atoms. The molecule has 3 N–H and O–H groups in total. The largest absolute Gasteiger partial charge is 0.491 e. The number of halogens is 3. The first-order valence-electron chi connectivity index (χ1n) is 4.14. The molecule has 1 aromatic carbocycles. The minimum Gasteiger partial charge on any atom is -0.491 e. The van der Waals surface area contributed by atoms with Crippen molar-refractivity contribution >= 4 is 52.5 Å². The number of nitrogens with one attached hydrogen (secondary N) is 1. The van der Waals surface area contributed by atoms with Crippen LogP contribution < -0.4 is 10.5 Å². The summed E-state index contributed by atoms with van der Waals surface area (Å²) in [7, 11) is 0. The normalized spacial score (nSPS) is 9.38. The maximum absolute atomic E-state index is 6.99.